The molecule has 0 heterocycles. The molecule has 0 aliphatic heterocycles. The van der Waals surface area contributed by atoms with E-state index in [4.69, 9.17) is 9.47 Å². The van der Waals surface area contributed by atoms with Crippen molar-refractivity contribution < 1.29 is 28.9 Å². The highest BCUT2D eigenvalue weighted by atomic mass is 16.6. The molecule has 3 rings (SSSR count). The van der Waals surface area contributed by atoms with Crippen LogP contribution in [0.4, 0.5) is 11.4 Å². The Balaban J connectivity index is 1.60. The summed E-state index contributed by atoms with van der Waals surface area (Å²) < 4.78 is 10.5. The van der Waals surface area contributed by atoms with E-state index in [0.717, 1.165) is 0 Å². The van der Waals surface area contributed by atoms with Crippen molar-refractivity contribution in [2.75, 3.05) is 0 Å². The molecule has 2 aromatic carbocycles. The number of carbonyl (C=O) groups excluding carboxylic acids is 2. The summed E-state index contributed by atoms with van der Waals surface area (Å²) in [5, 5.41) is 21.5. The summed E-state index contributed by atoms with van der Waals surface area (Å²) in [6, 6.07) is 7.71. The summed E-state index contributed by atoms with van der Waals surface area (Å²) in [6.45, 7) is 3.15. The highest BCUT2D eigenvalue weighted by molar-refractivity contribution is 5.89. The minimum atomic E-state index is -0.671. The quantitative estimate of drug-likeness (QED) is 0.311. The molecule has 150 valence electrons. The second-order valence-electron chi connectivity index (χ2n) is 6.70. The van der Waals surface area contributed by atoms with Gasteiger partial charge in [-0.1, -0.05) is 0 Å². The van der Waals surface area contributed by atoms with E-state index < -0.39 is 33.6 Å². The van der Waals surface area contributed by atoms with Crippen LogP contribution in [0.25, 0.3) is 0 Å². The number of nitro groups is 2. The molecule has 10 nitrogen and oxygen atoms in total. The largest absolute Gasteiger partial charge is 0.426 e. The van der Waals surface area contributed by atoms with Crippen LogP contribution in [0, 0.1) is 45.9 Å². The third-order valence-electron chi connectivity index (χ3n) is 4.56. The van der Waals surface area contributed by atoms with Gasteiger partial charge in [-0.05, 0) is 43.5 Å². The van der Waals surface area contributed by atoms with E-state index in [-0.39, 0.29) is 29.3 Å². The lowest BCUT2D eigenvalue weighted by Gasteiger charge is -2.08. The van der Waals surface area contributed by atoms with Gasteiger partial charge in [-0.2, -0.15) is 0 Å². The Hall–Kier alpha value is -3.82. The summed E-state index contributed by atoms with van der Waals surface area (Å²) in [6.07, 6.45) is 0.260. The number of hydrogen-bond acceptors (Lipinski definition) is 8. The van der Waals surface area contributed by atoms with Crippen molar-refractivity contribution in [2.24, 2.45) is 11.8 Å². The first-order chi connectivity index (χ1) is 13.7. The zero-order valence-corrected chi connectivity index (χ0v) is 15.5. The van der Waals surface area contributed by atoms with Crippen molar-refractivity contribution in [3.63, 3.8) is 0 Å². The summed E-state index contributed by atoms with van der Waals surface area (Å²) in [5.74, 6) is -2.21. The standard InChI is InChI=1S/C19H16N2O8/c1-10-7-12(20(24)25)3-5-16(10)28-18(22)14-9-15(14)19(23)29-17-6-4-13(21(26)27)8-11(17)2/h3-8,14-15H,9H2,1-2H3/t14-,15-/m1/s1. The molecule has 0 amide bonds. The van der Waals surface area contributed by atoms with Crippen LogP contribution in [0.15, 0.2) is 36.4 Å². The van der Waals surface area contributed by atoms with Crippen molar-refractivity contribution in [3.8, 4) is 11.5 Å². The predicted octanol–water partition coefficient (Wildman–Crippen LogP) is 3.27. The maximum Gasteiger partial charge on any atom is 0.315 e. The Morgan fingerprint density at radius 3 is 1.52 bits per heavy atom. The Kier molecular flexibility index (Phi) is 5.26. The second kappa shape index (κ2) is 7.66. The van der Waals surface area contributed by atoms with Crippen LogP contribution < -0.4 is 9.47 Å². The number of rotatable bonds is 6. The Bertz CT molecular complexity index is 951. The van der Waals surface area contributed by atoms with Crippen molar-refractivity contribution in [1.29, 1.82) is 0 Å². The average molecular weight is 400 g/mol. The van der Waals surface area contributed by atoms with Gasteiger partial charge in [0.25, 0.3) is 11.4 Å². The predicted molar refractivity (Wildman–Crippen MR) is 98.5 cm³/mol. The summed E-state index contributed by atoms with van der Waals surface area (Å²) in [7, 11) is 0. The molecule has 0 radical (unpaired) electrons. The van der Waals surface area contributed by atoms with Gasteiger partial charge in [0.1, 0.15) is 11.5 Å². The van der Waals surface area contributed by atoms with Crippen molar-refractivity contribution in [3.05, 3.63) is 67.8 Å². The lowest BCUT2D eigenvalue weighted by Crippen LogP contribution is -2.18. The van der Waals surface area contributed by atoms with Crippen LogP contribution in [0.2, 0.25) is 0 Å². The van der Waals surface area contributed by atoms with Gasteiger partial charge in [-0.25, -0.2) is 0 Å². The molecular weight excluding hydrogens is 384 g/mol. The van der Waals surface area contributed by atoms with E-state index in [2.05, 4.69) is 0 Å². The van der Waals surface area contributed by atoms with E-state index in [1.165, 1.54) is 36.4 Å². The smallest absolute Gasteiger partial charge is 0.315 e. The van der Waals surface area contributed by atoms with Gasteiger partial charge in [-0.3, -0.25) is 29.8 Å². The third-order valence-corrected chi connectivity index (χ3v) is 4.56. The topological polar surface area (TPSA) is 139 Å². The molecular formula is C19H16N2O8. The molecule has 0 N–H and O–H groups in total. The number of benzene rings is 2. The van der Waals surface area contributed by atoms with Gasteiger partial charge in [-0.15, -0.1) is 0 Å². The first-order valence-corrected chi connectivity index (χ1v) is 8.61. The van der Waals surface area contributed by atoms with Crippen LogP contribution in [-0.2, 0) is 9.59 Å². The Morgan fingerprint density at radius 2 is 1.21 bits per heavy atom. The minimum absolute atomic E-state index is 0.117. The lowest BCUT2D eigenvalue weighted by molar-refractivity contribution is -0.385. The van der Waals surface area contributed by atoms with Gasteiger partial charge >= 0.3 is 11.9 Å². The number of ether oxygens (including phenoxy) is 2. The van der Waals surface area contributed by atoms with Gasteiger partial charge in [0, 0.05) is 24.3 Å². The second-order valence-corrected chi connectivity index (χ2v) is 6.70. The molecule has 2 atom stereocenters. The van der Waals surface area contributed by atoms with Gasteiger partial charge in [0.05, 0.1) is 21.7 Å². The molecule has 2 aromatic rings. The van der Waals surface area contributed by atoms with E-state index in [1.54, 1.807) is 13.8 Å². The number of nitro benzene ring substituents is 2. The SMILES string of the molecule is Cc1cc([N+](=O)[O-])ccc1OC(=O)[C@@H]1C[C@H]1C(=O)Oc1ccc([N+](=O)[O-])cc1C. The fourth-order valence-corrected chi connectivity index (χ4v) is 2.81. The normalized spacial score (nSPS) is 17.3. The van der Waals surface area contributed by atoms with E-state index in [1.807, 2.05) is 0 Å². The first-order valence-electron chi connectivity index (χ1n) is 8.61. The maximum atomic E-state index is 12.3. The molecule has 10 heteroatoms. The first kappa shape index (κ1) is 19.9. The molecule has 0 bridgehead atoms. The number of nitrogens with zero attached hydrogens (tertiary/aromatic N) is 2. The van der Waals surface area contributed by atoms with E-state index in [0.29, 0.717) is 11.1 Å². The molecule has 0 unspecified atom stereocenters. The minimum Gasteiger partial charge on any atom is -0.426 e. The molecule has 1 aliphatic rings. The highest BCUT2D eigenvalue weighted by Crippen LogP contribution is 2.41. The summed E-state index contributed by atoms with van der Waals surface area (Å²) in [5.41, 5.74) is 0.616. The van der Waals surface area contributed by atoms with E-state index in [9.17, 15) is 29.8 Å². The molecule has 1 fully saturated rings. The van der Waals surface area contributed by atoms with Crippen molar-refractivity contribution in [2.45, 2.75) is 20.3 Å². The third kappa shape index (κ3) is 4.37. The number of hydrogen-bond donors (Lipinski definition) is 0. The molecule has 29 heavy (non-hydrogen) atoms. The van der Waals surface area contributed by atoms with Crippen LogP contribution >= 0.6 is 0 Å². The van der Waals surface area contributed by atoms with Crippen LogP contribution in [0.5, 0.6) is 11.5 Å². The van der Waals surface area contributed by atoms with Crippen molar-refractivity contribution >= 4 is 23.3 Å². The lowest BCUT2D eigenvalue weighted by atomic mass is 10.2. The van der Waals surface area contributed by atoms with Crippen LogP contribution in [-0.4, -0.2) is 21.8 Å². The number of non-ortho nitro benzene ring substituents is 2. The van der Waals surface area contributed by atoms with Crippen molar-refractivity contribution in [1.82, 2.24) is 0 Å². The van der Waals surface area contributed by atoms with Gasteiger partial charge < -0.3 is 9.47 Å². The van der Waals surface area contributed by atoms with Gasteiger partial charge in [0.2, 0.25) is 0 Å². The fraction of sp³-hybridized carbons (Fsp3) is 0.263. The number of aryl methyl sites for hydroxylation is 2. The van der Waals surface area contributed by atoms with Crippen LogP contribution in [0.3, 0.4) is 0 Å². The molecule has 1 saturated carbocycles. The number of esters is 2. The maximum absolute atomic E-state index is 12.3. The Morgan fingerprint density at radius 1 is 0.828 bits per heavy atom. The summed E-state index contributed by atoms with van der Waals surface area (Å²) in [4.78, 5) is 44.9. The number of carbonyl (C=O) groups is 2. The van der Waals surface area contributed by atoms with E-state index >= 15 is 0 Å². The monoisotopic (exact) mass is 400 g/mol. The molecule has 1 aliphatic carbocycles. The van der Waals surface area contributed by atoms with Crippen LogP contribution in [0.1, 0.15) is 17.5 Å². The summed E-state index contributed by atoms with van der Waals surface area (Å²) >= 11 is 0. The average Bonchev–Trinajstić information content (AvgIpc) is 3.45. The highest BCUT2D eigenvalue weighted by Gasteiger charge is 2.51. The Labute approximate surface area is 164 Å². The molecule has 0 saturated heterocycles. The molecule has 0 aromatic heterocycles. The van der Waals surface area contributed by atoms with Gasteiger partial charge in [0.15, 0.2) is 0 Å². The fourth-order valence-electron chi connectivity index (χ4n) is 2.81. The molecule has 0 spiro atoms. The zero-order chi connectivity index (χ0) is 21.3. The zero-order valence-electron chi connectivity index (χ0n) is 15.5.